The minimum atomic E-state index is -1.20. The van der Waals surface area contributed by atoms with Crippen molar-refractivity contribution >= 4 is 29.6 Å². The third-order valence-electron chi connectivity index (χ3n) is 9.68. The fourth-order valence-electron chi connectivity index (χ4n) is 7.72. The number of halogens is 1. The number of nitrogens with one attached hydrogen (secondary N) is 1. The Morgan fingerprint density at radius 3 is 2.65 bits per heavy atom. The molecule has 0 unspecified atom stereocenters. The topological polar surface area (TPSA) is 104 Å². The van der Waals surface area contributed by atoms with Crippen molar-refractivity contribution in [2.24, 2.45) is 38.9 Å². The highest BCUT2D eigenvalue weighted by Gasteiger charge is 2.66. The molecule has 174 valence electrons. The smallest absolute Gasteiger partial charge is 0.141 e. The van der Waals surface area contributed by atoms with E-state index in [-0.39, 0.29) is 29.3 Å². The molecule has 0 radical (unpaired) electrons. The van der Waals surface area contributed by atoms with E-state index in [9.17, 15) is 15.1 Å². The molecule has 0 bridgehead atoms. The maximum Gasteiger partial charge on any atom is 0.141 e. The van der Waals surface area contributed by atoms with Crippen molar-refractivity contribution in [3.63, 3.8) is 0 Å². The van der Waals surface area contributed by atoms with Crippen LogP contribution in [0.1, 0.15) is 71.6 Å². The van der Waals surface area contributed by atoms with Gasteiger partial charge in [0.05, 0.1) is 11.4 Å². The standard InChI is InChI=1S/C23H35N3O4.ClH/c1-21-8-6-18-16(17(21)3-4-20(21)27)11-19(25-29)23(28)12-14(5-9-22(18,23)2)26-30-15-7-10-24-13-15;/h15-18,24,28-29H,3-13H2,1-2H3;1H/b25-19+,26-14?;/t15-,16+,17+,18+,21+,22-,23+;/m1./s1. The Balaban J connectivity index is 0.00000231. The summed E-state index contributed by atoms with van der Waals surface area (Å²) in [5.41, 5.74) is -0.479. The number of carbonyl (C=O) groups excluding carboxylic acids is 1. The van der Waals surface area contributed by atoms with Crippen LogP contribution < -0.4 is 5.32 Å². The predicted octanol–water partition coefficient (Wildman–Crippen LogP) is 3.31. The molecule has 5 rings (SSSR count). The lowest BCUT2D eigenvalue weighted by Crippen LogP contribution is -2.66. The average Bonchev–Trinajstić information content (AvgIpc) is 3.35. The molecule has 5 fully saturated rings. The van der Waals surface area contributed by atoms with Gasteiger partial charge in [-0.25, -0.2) is 0 Å². The van der Waals surface area contributed by atoms with Gasteiger partial charge in [0.15, 0.2) is 0 Å². The molecule has 4 aliphatic carbocycles. The van der Waals surface area contributed by atoms with Gasteiger partial charge < -0.3 is 20.5 Å². The number of fused-ring (bicyclic) bond motifs is 5. The van der Waals surface area contributed by atoms with E-state index in [1.165, 1.54) is 0 Å². The van der Waals surface area contributed by atoms with E-state index >= 15 is 0 Å². The van der Waals surface area contributed by atoms with Gasteiger partial charge in [-0.3, -0.25) is 4.79 Å². The van der Waals surface area contributed by atoms with E-state index in [0.717, 1.165) is 57.3 Å². The van der Waals surface area contributed by atoms with Crippen LogP contribution >= 0.6 is 12.4 Å². The van der Waals surface area contributed by atoms with E-state index in [1.54, 1.807) is 0 Å². The quantitative estimate of drug-likeness (QED) is 0.439. The number of carbonyl (C=O) groups is 1. The average molecular weight is 454 g/mol. The Morgan fingerprint density at radius 1 is 1.13 bits per heavy atom. The molecular formula is C23H36ClN3O4. The van der Waals surface area contributed by atoms with Crippen LogP contribution in [0.5, 0.6) is 0 Å². The largest absolute Gasteiger partial charge is 0.411 e. The highest BCUT2D eigenvalue weighted by molar-refractivity contribution is 6.00. The normalized spacial score (nSPS) is 49.3. The summed E-state index contributed by atoms with van der Waals surface area (Å²) < 4.78 is 0. The summed E-state index contributed by atoms with van der Waals surface area (Å²) in [6.45, 7) is 6.07. The van der Waals surface area contributed by atoms with Crippen LogP contribution in [-0.2, 0) is 9.63 Å². The molecule has 8 heteroatoms. The monoisotopic (exact) mass is 453 g/mol. The zero-order chi connectivity index (χ0) is 21.1. The van der Waals surface area contributed by atoms with Gasteiger partial charge in [0, 0.05) is 36.6 Å². The lowest BCUT2D eigenvalue weighted by atomic mass is 9.43. The van der Waals surface area contributed by atoms with Crippen LogP contribution in [-0.4, -0.2) is 52.3 Å². The van der Waals surface area contributed by atoms with Crippen molar-refractivity contribution < 1.29 is 19.9 Å². The summed E-state index contributed by atoms with van der Waals surface area (Å²) in [5, 5.41) is 33.2. The van der Waals surface area contributed by atoms with E-state index in [1.807, 2.05) is 0 Å². The number of oxime groups is 2. The molecule has 1 saturated heterocycles. The summed E-state index contributed by atoms with van der Waals surface area (Å²) >= 11 is 0. The van der Waals surface area contributed by atoms with Crippen LogP contribution in [0.2, 0.25) is 0 Å². The number of rotatable bonds is 2. The molecule has 0 aromatic heterocycles. The Morgan fingerprint density at radius 2 is 1.94 bits per heavy atom. The minimum Gasteiger partial charge on any atom is -0.411 e. The summed E-state index contributed by atoms with van der Waals surface area (Å²) in [6, 6.07) is 0. The maximum atomic E-state index is 12.6. The summed E-state index contributed by atoms with van der Waals surface area (Å²) in [4.78, 5) is 18.4. The second-order valence-corrected chi connectivity index (χ2v) is 10.9. The molecule has 0 aromatic carbocycles. The third-order valence-corrected chi connectivity index (χ3v) is 9.68. The zero-order valence-electron chi connectivity index (χ0n) is 18.6. The fourth-order valence-corrected chi connectivity index (χ4v) is 7.72. The number of nitrogens with zero attached hydrogens (tertiary/aromatic N) is 2. The Kier molecular flexibility index (Phi) is 5.93. The van der Waals surface area contributed by atoms with Crippen molar-refractivity contribution in [2.75, 3.05) is 13.1 Å². The molecule has 1 heterocycles. The Bertz CT molecular complexity index is 798. The first kappa shape index (κ1) is 23.0. The number of hydrogen-bond donors (Lipinski definition) is 3. The first-order valence-corrected chi connectivity index (χ1v) is 11.7. The first-order valence-electron chi connectivity index (χ1n) is 11.7. The van der Waals surface area contributed by atoms with Gasteiger partial charge in [-0.2, -0.15) is 0 Å². The van der Waals surface area contributed by atoms with E-state index in [2.05, 4.69) is 29.5 Å². The van der Waals surface area contributed by atoms with Gasteiger partial charge in [0.2, 0.25) is 0 Å². The lowest BCUT2D eigenvalue weighted by molar-refractivity contribution is -0.146. The molecular weight excluding hydrogens is 418 g/mol. The fraction of sp³-hybridized carbons (Fsp3) is 0.870. The van der Waals surface area contributed by atoms with E-state index in [0.29, 0.717) is 48.5 Å². The molecule has 0 spiro atoms. The van der Waals surface area contributed by atoms with E-state index < -0.39 is 5.60 Å². The molecule has 0 aromatic rings. The first-order chi connectivity index (χ1) is 14.3. The van der Waals surface area contributed by atoms with Gasteiger partial charge in [-0.15, -0.1) is 12.4 Å². The second kappa shape index (κ2) is 7.99. The number of aliphatic hydroxyl groups is 1. The van der Waals surface area contributed by atoms with Gasteiger partial charge in [0.25, 0.3) is 0 Å². The molecule has 3 N–H and O–H groups in total. The van der Waals surface area contributed by atoms with Crippen LogP contribution in [0, 0.1) is 28.6 Å². The predicted molar refractivity (Wildman–Crippen MR) is 120 cm³/mol. The molecule has 31 heavy (non-hydrogen) atoms. The van der Waals surface area contributed by atoms with Crippen molar-refractivity contribution in [2.45, 2.75) is 83.3 Å². The molecule has 1 aliphatic heterocycles. The van der Waals surface area contributed by atoms with Crippen LogP contribution in [0.3, 0.4) is 0 Å². The zero-order valence-corrected chi connectivity index (χ0v) is 19.4. The Labute approximate surface area is 190 Å². The van der Waals surface area contributed by atoms with Gasteiger partial charge >= 0.3 is 0 Å². The highest BCUT2D eigenvalue weighted by Crippen LogP contribution is 2.65. The summed E-state index contributed by atoms with van der Waals surface area (Å²) in [5.74, 6) is 1.36. The third kappa shape index (κ3) is 3.25. The molecule has 7 nitrogen and oxygen atoms in total. The van der Waals surface area contributed by atoms with Gasteiger partial charge in [-0.05, 0) is 62.8 Å². The van der Waals surface area contributed by atoms with Crippen LogP contribution in [0.15, 0.2) is 10.3 Å². The molecule has 5 aliphatic rings. The SMILES string of the molecule is C[C@]12CC[C@H]3[C@@H](C/C(=N\O)[C@@]4(O)CC(=NO[C@@H]5CCNC5)CC[C@]34C)[C@@H]1CCC2=O.Cl. The summed E-state index contributed by atoms with van der Waals surface area (Å²) in [7, 11) is 0. The number of Topliss-reactive ketones (excluding diaryl/α,β-unsaturated/α-hetero) is 1. The molecule has 4 saturated carbocycles. The van der Waals surface area contributed by atoms with Crippen LogP contribution in [0.25, 0.3) is 0 Å². The van der Waals surface area contributed by atoms with E-state index in [4.69, 9.17) is 4.84 Å². The lowest BCUT2D eigenvalue weighted by Gasteiger charge is -2.62. The summed E-state index contributed by atoms with van der Waals surface area (Å²) in [6.07, 6.45) is 7.04. The minimum absolute atomic E-state index is 0. The van der Waals surface area contributed by atoms with Crippen molar-refractivity contribution in [1.29, 1.82) is 0 Å². The number of ketones is 1. The Hall–Kier alpha value is -1.18. The van der Waals surface area contributed by atoms with Gasteiger partial charge in [0.1, 0.15) is 17.5 Å². The van der Waals surface area contributed by atoms with Crippen molar-refractivity contribution in [1.82, 2.24) is 5.32 Å². The second-order valence-electron chi connectivity index (χ2n) is 10.9. The molecule has 7 atom stereocenters. The van der Waals surface area contributed by atoms with Crippen molar-refractivity contribution in [3.05, 3.63) is 0 Å². The van der Waals surface area contributed by atoms with Crippen molar-refractivity contribution in [3.8, 4) is 0 Å². The highest BCUT2D eigenvalue weighted by atomic mass is 35.5. The maximum absolute atomic E-state index is 12.6. The number of hydrogen-bond acceptors (Lipinski definition) is 7. The van der Waals surface area contributed by atoms with Crippen LogP contribution in [0.4, 0.5) is 0 Å². The molecule has 0 amide bonds. The van der Waals surface area contributed by atoms with Gasteiger partial charge in [-0.1, -0.05) is 24.2 Å².